The Morgan fingerprint density at radius 3 is 2.33 bits per heavy atom. The molecule has 0 saturated carbocycles. The molecular formula is C7H14NO3S+. The maximum absolute atomic E-state index is 11.0. The molecule has 0 aromatic rings. The van der Waals surface area contributed by atoms with E-state index in [1.165, 1.54) is 0 Å². The van der Waals surface area contributed by atoms with E-state index in [0.717, 1.165) is 11.8 Å². The summed E-state index contributed by atoms with van der Waals surface area (Å²) in [4.78, 5) is 21.3. The van der Waals surface area contributed by atoms with Gasteiger partial charge in [0.25, 0.3) is 0 Å². The van der Waals surface area contributed by atoms with Gasteiger partial charge >= 0.3 is 5.97 Å². The van der Waals surface area contributed by atoms with E-state index < -0.39 is 12.0 Å². The van der Waals surface area contributed by atoms with Crippen molar-refractivity contribution in [1.29, 1.82) is 0 Å². The van der Waals surface area contributed by atoms with Crippen molar-refractivity contribution in [3.63, 3.8) is 0 Å². The van der Waals surface area contributed by atoms with E-state index in [1.807, 2.05) is 0 Å². The Hall–Kier alpha value is -0.550. The molecule has 0 saturated heterocycles. The van der Waals surface area contributed by atoms with Crippen LogP contribution in [-0.2, 0) is 9.59 Å². The summed E-state index contributed by atoms with van der Waals surface area (Å²) in [5, 5.41) is 8.46. The Morgan fingerprint density at radius 2 is 2.00 bits per heavy atom. The molecule has 5 heteroatoms. The molecule has 70 valence electrons. The number of aliphatic carboxylic acids is 1. The van der Waals surface area contributed by atoms with Gasteiger partial charge in [-0.15, -0.1) is 0 Å². The Morgan fingerprint density at radius 1 is 1.50 bits per heavy atom. The van der Waals surface area contributed by atoms with Gasteiger partial charge in [0.15, 0.2) is 11.2 Å². The van der Waals surface area contributed by atoms with E-state index in [9.17, 15) is 9.59 Å². The Balaban J connectivity index is 3.69. The van der Waals surface area contributed by atoms with Crippen LogP contribution in [0.4, 0.5) is 0 Å². The molecular weight excluding hydrogens is 178 g/mol. The van der Waals surface area contributed by atoms with Gasteiger partial charge in [-0.1, -0.05) is 25.6 Å². The van der Waals surface area contributed by atoms with Crippen LogP contribution in [0.3, 0.4) is 0 Å². The zero-order valence-electron chi connectivity index (χ0n) is 7.24. The van der Waals surface area contributed by atoms with Crippen molar-refractivity contribution in [3.8, 4) is 0 Å². The van der Waals surface area contributed by atoms with Crippen molar-refractivity contribution in [1.82, 2.24) is 0 Å². The second-order valence-corrected chi connectivity index (χ2v) is 3.84. The number of quaternary nitrogens is 1. The highest BCUT2D eigenvalue weighted by Crippen LogP contribution is 2.10. The fourth-order valence-electron chi connectivity index (χ4n) is 0.421. The summed E-state index contributed by atoms with van der Waals surface area (Å²) < 4.78 is 0. The second kappa shape index (κ2) is 5.16. The van der Waals surface area contributed by atoms with Crippen molar-refractivity contribution in [2.75, 3.05) is 5.75 Å². The minimum Gasteiger partial charge on any atom is -0.477 e. The highest BCUT2D eigenvalue weighted by molar-refractivity contribution is 8.13. The minimum absolute atomic E-state index is 0.0184. The van der Waals surface area contributed by atoms with Gasteiger partial charge in [-0.3, -0.25) is 4.79 Å². The van der Waals surface area contributed by atoms with Gasteiger partial charge < -0.3 is 10.8 Å². The summed E-state index contributed by atoms with van der Waals surface area (Å²) in [6.07, 6.45) is 0. The minimum atomic E-state index is -0.959. The molecule has 1 unspecified atom stereocenters. The molecule has 1 atom stereocenters. The molecule has 0 aliphatic heterocycles. The average molecular weight is 192 g/mol. The third-order valence-electron chi connectivity index (χ3n) is 1.25. The monoisotopic (exact) mass is 192 g/mol. The number of carboxylic acids is 1. The summed E-state index contributed by atoms with van der Waals surface area (Å²) in [7, 11) is 0. The molecule has 0 aliphatic rings. The summed E-state index contributed by atoms with van der Waals surface area (Å²) >= 11 is 1.04. The molecule has 0 spiro atoms. The largest absolute Gasteiger partial charge is 0.477 e. The predicted octanol–water partition coefficient (Wildman–Crippen LogP) is -0.403. The van der Waals surface area contributed by atoms with Crippen LogP contribution in [0.2, 0.25) is 0 Å². The lowest BCUT2D eigenvalue weighted by molar-refractivity contribution is -0.400. The number of rotatable bonds is 4. The number of carbonyl (C=O) groups is 2. The Kier molecular flexibility index (Phi) is 4.92. The van der Waals surface area contributed by atoms with E-state index in [4.69, 9.17) is 5.11 Å². The third kappa shape index (κ3) is 4.35. The first kappa shape index (κ1) is 11.4. The molecule has 0 heterocycles. The molecule has 0 amide bonds. The first-order valence-electron chi connectivity index (χ1n) is 3.67. The molecule has 4 N–H and O–H groups in total. The molecule has 0 aromatic heterocycles. The van der Waals surface area contributed by atoms with E-state index in [0.29, 0.717) is 0 Å². The van der Waals surface area contributed by atoms with Gasteiger partial charge in [0.05, 0.1) is 5.75 Å². The van der Waals surface area contributed by atoms with Crippen LogP contribution in [0.1, 0.15) is 13.8 Å². The second-order valence-electron chi connectivity index (χ2n) is 2.82. The summed E-state index contributed by atoms with van der Waals surface area (Å²) in [6, 6.07) is -0.697. The maximum atomic E-state index is 11.0. The predicted molar refractivity (Wildman–Crippen MR) is 46.6 cm³/mol. The van der Waals surface area contributed by atoms with Gasteiger partial charge in [-0.05, 0) is 0 Å². The molecule has 0 bridgehead atoms. The molecule has 0 fully saturated rings. The molecule has 0 aromatic carbocycles. The zero-order chi connectivity index (χ0) is 9.72. The SMILES string of the molecule is CC(C)C(=O)SCC([NH3+])C(=O)O. The van der Waals surface area contributed by atoms with Gasteiger partial charge in [0.2, 0.25) is 0 Å². The van der Waals surface area contributed by atoms with Gasteiger partial charge in [-0.2, -0.15) is 0 Å². The highest BCUT2D eigenvalue weighted by atomic mass is 32.2. The molecule has 4 nitrogen and oxygen atoms in total. The quantitative estimate of drug-likeness (QED) is 0.635. The van der Waals surface area contributed by atoms with E-state index in [-0.39, 0.29) is 16.8 Å². The fourth-order valence-corrected chi connectivity index (χ4v) is 1.26. The molecule has 0 rings (SSSR count). The van der Waals surface area contributed by atoms with Crippen molar-refractivity contribution in [2.24, 2.45) is 5.92 Å². The topological polar surface area (TPSA) is 82.0 Å². The van der Waals surface area contributed by atoms with Crippen LogP contribution >= 0.6 is 11.8 Å². The third-order valence-corrected chi connectivity index (χ3v) is 2.57. The van der Waals surface area contributed by atoms with Crippen LogP contribution in [0.5, 0.6) is 0 Å². The summed E-state index contributed by atoms with van der Waals surface area (Å²) in [6.45, 7) is 3.57. The number of thioether (sulfide) groups is 1. The van der Waals surface area contributed by atoms with Crippen LogP contribution in [0.15, 0.2) is 0 Å². The van der Waals surface area contributed by atoms with Crippen LogP contribution < -0.4 is 5.73 Å². The van der Waals surface area contributed by atoms with Crippen LogP contribution in [-0.4, -0.2) is 28.0 Å². The number of carbonyl (C=O) groups excluding carboxylic acids is 1. The smallest absolute Gasteiger partial charge is 0.363 e. The number of hydrogen-bond acceptors (Lipinski definition) is 3. The van der Waals surface area contributed by atoms with E-state index in [2.05, 4.69) is 5.73 Å². The van der Waals surface area contributed by atoms with Crippen LogP contribution in [0, 0.1) is 5.92 Å². The molecule has 0 aliphatic carbocycles. The lowest BCUT2D eigenvalue weighted by Gasteiger charge is -2.04. The van der Waals surface area contributed by atoms with Crippen molar-refractivity contribution in [2.45, 2.75) is 19.9 Å². The molecule has 12 heavy (non-hydrogen) atoms. The lowest BCUT2D eigenvalue weighted by Crippen LogP contribution is -2.66. The normalized spacial score (nSPS) is 13.0. The van der Waals surface area contributed by atoms with Gasteiger partial charge in [-0.25, -0.2) is 4.79 Å². The summed E-state index contributed by atoms with van der Waals surface area (Å²) in [5.41, 5.74) is 3.40. The van der Waals surface area contributed by atoms with Crippen molar-refractivity contribution in [3.05, 3.63) is 0 Å². The maximum Gasteiger partial charge on any atom is 0.363 e. The van der Waals surface area contributed by atoms with Crippen molar-refractivity contribution >= 4 is 22.8 Å². The number of carboxylic acid groups (broad SMARTS) is 1. The highest BCUT2D eigenvalue weighted by Gasteiger charge is 2.18. The fraction of sp³-hybridized carbons (Fsp3) is 0.714. The van der Waals surface area contributed by atoms with E-state index in [1.54, 1.807) is 13.8 Å². The lowest BCUT2D eigenvalue weighted by atomic mass is 10.3. The van der Waals surface area contributed by atoms with Crippen LogP contribution in [0.25, 0.3) is 0 Å². The first-order valence-corrected chi connectivity index (χ1v) is 4.66. The van der Waals surface area contributed by atoms with Crippen molar-refractivity contribution < 1.29 is 20.4 Å². The first-order chi connectivity index (χ1) is 5.45. The van der Waals surface area contributed by atoms with E-state index >= 15 is 0 Å². The van der Waals surface area contributed by atoms with Gasteiger partial charge in [0, 0.05) is 5.92 Å². The average Bonchev–Trinajstić information content (AvgIpc) is 1.98. The standard InChI is InChI=1S/C7H13NO3S/c1-4(2)7(11)12-3-5(8)6(9)10/h4-5H,3,8H2,1-2H3,(H,9,10)/p+1. The molecule has 0 radical (unpaired) electrons. The van der Waals surface area contributed by atoms with Gasteiger partial charge in [0.1, 0.15) is 0 Å². The number of hydrogen-bond donors (Lipinski definition) is 2. The Bertz CT molecular complexity index is 181. The zero-order valence-corrected chi connectivity index (χ0v) is 8.06. The Labute approximate surface area is 75.5 Å². The summed E-state index contributed by atoms with van der Waals surface area (Å²) in [5.74, 6) is -0.748.